The van der Waals surface area contributed by atoms with E-state index in [1.54, 1.807) is 21.9 Å². The van der Waals surface area contributed by atoms with E-state index in [9.17, 15) is 26.4 Å². The van der Waals surface area contributed by atoms with Gasteiger partial charge in [0, 0.05) is 31.9 Å². The first-order chi connectivity index (χ1) is 18.5. The number of methoxy groups -OCH3 is 1. The van der Waals surface area contributed by atoms with Gasteiger partial charge in [-0.2, -0.15) is 13.2 Å². The maximum absolute atomic E-state index is 13.0. The lowest BCUT2D eigenvalue weighted by molar-refractivity contribution is -0.137. The number of piperazine rings is 1. The molecule has 0 atom stereocenters. The first-order valence-electron chi connectivity index (χ1n) is 11.8. The summed E-state index contributed by atoms with van der Waals surface area (Å²) in [7, 11) is -2.45. The van der Waals surface area contributed by atoms with Gasteiger partial charge in [0.2, 0.25) is 0 Å². The number of anilines is 2. The Morgan fingerprint density at radius 3 is 2.31 bits per heavy atom. The Morgan fingerprint density at radius 2 is 1.69 bits per heavy atom. The Morgan fingerprint density at radius 1 is 1.00 bits per heavy atom. The number of hydrogen-bond donors (Lipinski definition) is 1. The zero-order valence-electron chi connectivity index (χ0n) is 20.7. The monoisotopic (exact) mass is 583 g/mol. The van der Waals surface area contributed by atoms with Gasteiger partial charge in [-0.1, -0.05) is 17.7 Å². The van der Waals surface area contributed by atoms with E-state index in [0.717, 1.165) is 12.1 Å². The van der Waals surface area contributed by atoms with Gasteiger partial charge in [-0.3, -0.25) is 9.52 Å². The molecule has 0 saturated carbocycles. The summed E-state index contributed by atoms with van der Waals surface area (Å²) >= 11 is 6.05. The van der Waals surface area contributed by atoms with Gasteiger partial charge in [-0.05, 0) is 60.7 Å². The number of nitrogens with zero attached hydrogens (tertiary/aromatic N) is 2. The van der Waals surface area contributed by atoms with Gasteiger partial charge >= 0.3 is 6.18 Å². The normalized spacial score (nSPS) is 14.2. The predicted octanol–water partition coefficient (Wildman–Crippen LogP) is 4.90. The second-order valence-electron chi connectivity index (χ2n) is 8.63. The average Bonchev–Trinajstić information content (AvgIpc) is 2.91. The van der Waals surface area contributed by atoms with Gasteiger partial charge in [0.25, 0.3) is 15.9 Å². The van der Waals surface area contributed by atoms with Crippen LogP contribution in [0.4, 0.5) is 24.5 Å². The molecule has 0 unspecified atom stereocenters. The molecule has 208 valence electrons. The Kier molecular flexibility index (Phi) is 8.45. The molecule has 1 saturated heterocycles. The SMILES string of the molecule is COc1ccc(NS(=O)(=O)c2ccc(OCC(=O)N3CCN(c4cccc(C(F)(F)F)c4)CC3)cc2)cc1Cl. The smallest absolute Gasteiger partial charge is 0.416 e. The zero-order chi connectivity index (χ0) is 28.2. The van der Waals surface area contributed by atoms with Gasteiger partial charge in [-0.15, -0.1) is 0 Å². The number of benzene rings is 3. The van der Waals surface area contributed by atoms with E-state index < -0.39 is 21.8 Å². The highest BCUT2D eigenvalue weighted by atomic mass is 35.5. The number of alkyl halides is 3. The Balaban J connectivity index is 1.28. The van der Waals surface area contributed by atoms with Gasteiger partial charge in [0.1, 0.15) is 11.5 Å². The highest BCUT2D eigenvalue weighted by Crippen LogP contribution is 2.32. The summed E-state index contributed by atoms with van der Waals surface area (Å²) in [6.45, 7) is 1.16. The van der Waals surface area contributed by atoms with E-state index in [-0.39, 0.29) is 28.1 Å². The van der Waals surface area contributed by atoms with Gasteiger partial charge < -0.3 is 19.3 Å². The molecule has 39 heavy (non-hydrogen) atoms. The first kappa shape index (κ1) is 28.4. The summed E-state index contributed by atoms with van der Waals surface area (Å²) in [5.41, 5.74) is -0.000642. The second kappa shape index (κ2) is 11.6. The molecule has 3 aromatic rings. The van der Waals surface area contributed by atoms with Crippen molar-refractivity contribution in [2.75, 3.05) is 49.5 Å². The maximum Gasteiger partial charge on any atom is 0.416 e. The van der Waals surface area contributed by atoms with Crippen molar-refractivity contribution in [3.63, 3.8) is 0 Å². The quantitative estimate of drug-likeness (QED) is 0.406. The molecule has 1 fully saturated rings. The van der Waals surface area contributed by atoms with Crippen molar-refractivity contribution in [2.45, 2.75) is 11.1 Å². The number of nitrogens with one attached hydrogen (secondary N) is 1. The van der Waals surface area contributed by atoms with Crippen LogP contribution < -0.4 is 19.1 Å². The summed E-state index contributed by atoms with van der Waals surface area (Å²) in [5, 5.41) is 0.253. The fraction of sp³-hybridized carbons (Fsp3) is 0.269. The third-order valence-corrected chi connectivity index (χ3v) is 7.76. The molecule has 1 heterocycles. The minimum Gasteiger partial charge on any atom is -0.495 e. The fourth-order valence-electron chi connectivity index (χ4n) is 3.99. The lowest BCUT2D eigenvalue weighted by Crippen LogP contribution is -2.50. The van der Waals surface area contributed by atoms with E-state index >= 15 is 0 Å². The predicted molar refractivity (Wildman–Crippen MR) is 141 cm³/mol. The van der Waals surface area contributed by atoms with E-state index in [2.05, 4.69) is 4.72 Å². The molecule has 0 aromatic heterocycles. The minimum atomic E-state index is -4.42. The number of rotatable bonds is 8. The Labute approximate surface area is 228 Å². The minimum absolute atomic E-state index is 0.0150. The van der Waals surface area contributed by atoms with Crippen molar-refractivity contribution in [2.24, 2.45) is 0 Å². The summed E-state index contributed by atoms with van der Waals surface area (Å²) in [5.74, 6) is 0.430. The van der Waals surface area contributed by atoms with Gasteiger partial charge in [0.05, 0.1) is 28.3 Å². The van der Waals surface area contributed by atoms with Crippen molar-refractivity contribution in [3.8, 4) is 11.5 Å². The van der Waals surface area contributed by atoms with Crippen molar-refractivity contribution in [1.82, 2.24) is 4.90 Å². The van der Waals surface area contributed by atoms with Crippen LogP contribution in [0.2, 0.25) is 5.02 Å². The number of sulfonamides is 1. The maximum atomic E-state index is 13.0. The number of halogens is 4. The molecular formula is C26H25ClF3N3O5S. The van der Waals surface area contributed by atoms with Crippen LogP contribution in [0.5, 0.6) is 11.5 Å². The van der Waals surface area contributed by atoms with Crippen molar-refractivity contribution in [1.29, 1.82) is 0 Å². The molecule has 0 bridgehead atoms. The van der Waals surface area contributed by atoms with E-state index in [0.29, 0.717) is 43.4 Å². The van der Waals surface area contributed by atoms with Crippen LogP contribution in [0, 0.1) is 0 Å². The lowest BCUT2D eigenvalue weighted by atomic mass is 10.1. The molecule has 0 aliphatic carbocycles. The van der Waals surface area contributed by atoms with Crippen LogP contribution in [-0.2, 0) is 21.0 Å². The molecule has 8 nitrogen and oxygen atoms in total. The molecule has 1 aliphatic rings. The highest BCUT2D eigenvalue weighted by molar-refractivity contribution is 7.92. The van der Waals surface area contributed by atoms with E-state index in [1.165, 1.54) is 49.6 Å². The van der Waals surface area contributed by atoms with Crippen LogP contribution in [0.15, 0.2) is 71.6 Å². The topological polar surface area (TPSA) is 88.2 Å². The lowest BCUT2D eigenvalue weighted by Gasteiger charge is -2.36. The summed E-state index contributed by atoms with van der Waals surface area (Å²) in [6.07, 6.45) is -4.42. The third kappa shape index (κ3) is 7.07. The molecule has 0 spiro atoms. The number of hydrogen-bond acceptors (Lipinski definition) is 6. The Bertz CT molecular complexity index is 1430. The number of amides is 1. The van der Waals surface area contributed by atoms with Crippen LogP contribution in [0.3, 0.4) is 0 Å². The number of carbonyl (C=O) groups is 1. The highest BCUT2D eigenvalue weighted by Gasteiger charge is 2.31. The largest absolute Gasteiger partial charge is 0.495 e. The Hall–Kier alpha value is -3.64. The van der Waals surface area contributed by atoms with Gasteiger partial charge in [0.15, 0.2) is 6.61 Å². The second-order valence-corrected chi connectivity index (χ2v) is 10.7. The summed E-state index contributed by atoms with van der Waals surface area (Å²) in [6, 6.07) is 15.2. The summed E-state index contributed by atoms with van der Waals surface area (Å²) < 4.78 is 77.5. The van der Waals surface area contributed by atoms with Crippen molar-refractivity contribution >= 4 is 38.9 Å². The molecule has 3 aromatic carbocycles. The molecule has 1 amide bonds. The van der Waals surface area contributed by atoms with Crippen LogP contribution in [0.1, 0.15) is 5.56 Å². The van der Waals surface area contributed by atoms with Crippen molar-refractivity contribution in [3.05, 3.63) is 77.3 Å². The number of ether oxygens (including phenoxy) is 2. The van der Waals surface area contributed by atoms with Crippen LogP contribution in [-0.4, -0.2) is 59.1 Å². The molecule has 1 N–H and O–H groups in total. The molecule has 4 rings (SSSR count). The zero-order valence-corrected chi connectivity index (χ0v) is 22.3. The van der Waals surface area contributed by atoms with E-state index in [4.69, 9.17) is 21.1 Å². The van der Waals surface area contributed by atoms with E-state index in [1.807, 2.05) is 0 Å². The van der Waals surface area contributed by atoms with Crippen molar-refractivity contribution < 1.29 is 35.9 Å². The standard InChI is InChI=1S/C26H25ClF3N3O5S/c1-37-24-10-5-19(16-23(24)27)31-39(35,36)22-8-6-21(7-9-22)38-17-25(34)33-13-11-32(12-14-33)20-4-2-3-18(15-20)26(28,29)30/h2-10,15-16,31H,11-14,17H2,1H3. The molecular weight excluding hydrogens is 559 g/mol. The molecule has 0 radical (unpaired) electrons. The average molecular weight is 584 g/mol. The van der Waals surface area contributed by atoms with Crippen LogP contribution in [0.25, 0.3) is 0 Å². The number of carbonyl (C=O) groups excluding carboxylic acids is 1. The molecule has 1 aliphatic heterocycles. The fourth-order valence-corrected chi connectivity index (χ4v) is 5.30. The third-order valence-electron chi connectivity index (χ3n) is 6.07. The van der Waals surface area contributed by atoms with Crippen LogP contribution >= 0.6 is 11.6 Å². The summed E-state index contributed by atoms with van der Waals surface area (Å²) in [4.78, 5) is 16.0. The molecule has 13 heteroatoms. The van der Waals surface area contributed by atoms with Gasteiger partial charge in [-0.25, -0.2) is 8.42 Å². The first-order valence-corrected chi connectivity index (χ1v) is 13.6.